The summed E-state index contributed by atoms with van der Waals surface area (Å²) in [5, 5.41) is 5.23. The fraction of sp³-hybridized carbons (Fsp3) is 0.290. The first-order chi connectivity index (χ1) is 20.7. The SMILES string of the molecule is O=C1CCC(N2C(=O)c3cccc(NCc4ccc(CN5CCN(c6ccc(F)cc6F)CC5)cc4F)c3C2=O)C(=O)N1. The third-order valence-electron chi connectivity index (χ3n) is 8.08. The number of nitrogens with zero attached hydrogens (tertiary/aromatic N) is 3. The average molecular weight is 592 g/mol. The highest BCUT2D eigenvalue weighted by molar-refractivity contribution is 6.25. The van der Waals surface area contributed by atoms with Gasteiger partial charge in [0.2, 0.25) is 11.8 Å². The first-order valence-electron chi connectivity index (χ1n) is 14.0. The summed E-state index contributed by atoms with van der Waals surface area (Å²) in [6, 6.07) is 12.1. The highest BCUT2D eigenvalue weighted by atomic mass is 19.1. The number of piperazine rings is 1. The Bertz CT molecular complexity index is 1640. The molecule has 222 valence electrons. The molecule has 0 spiro atoms. The Morgan fingerprint density at radius 2 is 1.65 bits per heavy atom. The molecule has 4 amide bonds. The number of halogens is 3. The number of carbonyl (C=O) groups excluding carboxylic acids is 4. The number of piperidine rings is 1. The van der Waals surface area contributed by atoms with Crippen LogP contribution in [0.3, 0.4) is 0 Å². The maximum absolute atomic E-state index is 15.1. The summed E-state index contributed by atoms with van der Waals surface area (Å²) < 4.78 is 42.5. The van der Waals surface area contributed by atoms with Gasteiger partial charge in [0, 0.05) is 63.0 Å². The van der Waals surface area contributed by atoms with Crippen molar-refractivity contribution in [2.24, 2.45) is 0 Å². The van der Waals surface area contributed by atoms with Gasteiger partial charge in [-0.2, -0.15) is 0 Å². The van der Waals surface area contributed by atoms with Crippen molar-refractivity contribution in [1.29, 1.82) is 0 Å². The van der Waals surface area contributed by atoms with Crippen LogP contribution >= 0.6 is 0 Å². The summed E-state index contributed by atoms with van der Waals surface area (Å²) >= 11 is 0. The molecule has 9 nitrogen and oxygen atoms in total. The van der Waals surface area contributed by atoms with Gasteiger partial charge in [-0.1, -0.05) is 18.2 Å². The molecule has 0 aliphatic carbocycles. The molecule has 3 aromatic rings. The van der Waals surface area contributed by atoms with E-state index in [9.17, 15) is 28.0 Å². The summed E-state index contributed by atoms with van der Waals surface area (Å²) in [4.78, 5) is 55.1. The van der Waals surface area contributed by atoms with E-state index in [2.05, 4.69) is 15.5 Å². The number of nitrogens with one attached hydrogen (secondary N) is 2. The summed E-state index contributed by atoms with van der Waals surface area (Å²) in [6.07, 6.45) is 0.0787. The van der Waals surface area contributed by atoms with Crippen LogP contribution in [0.2, 0.25) is 0 Å². The number of rotatable bonds is 7. The van der Waals surface area contributed by atoms with E-state index in [-0.39, 0.29) is 30.5 Å². The Morgan fingerprint density at radius 1 is 0.860 bits per heavy atom. The van der Waals surface area contributed by atoms with E-state index in [1.165, 1.54) is 24.3 Å². The van der Waals surface area contributed by atoms with Crippen LogP contribution in [0.25, 0.3) is 0 Å². The Hall–Kier alpha value is -4.71. The van der Waals surface area contributed by atoms with Gasteiger partial charge in [-0.25, -0.2) is 13.2 Å². The molecule has 3 aromatic carbocycles. The predicted molar refractivity (Wildman–Crippen MR) is 151 cm³/mol. The molecule has 1 atom stereocenters. The van der Waals surface area contributed by atoms with Crippen molar-refractivity contribution in [2.75, 3.05) is 36.4 Å². The van der Waals surface area contributed by atoms with E-state index < -0.39 is 47.1 Å². The van der Waals surface area contributed by atoms with Gasteiger partial charge < -0.3 is 10.2 Å². The molecule has 0 radical (unpaired) electrons. The van der Waals surface area contributed by atoms with Crippen molar-refractivity contribution in [2.45, 2.75) is 32.0 Å². The van der Waals surface area contributed by atoms with Crippen LogP contribution in [-0.2, 0) is 22.7 Å². The zero-order valence-corrected chi connectivity index (χ0v) is 23.0. The third kappa shape index (κ3) is 5.57. The van der Waals surface area contributed by atoms with Gasteiger partial charge >= 0.3 is 0 Å². The zero-order chi connectivity index (χ0) is 30.2. The van der Waals surface area contributed by atoms with Gasteiger partial charge in [0.15, 0.2) is 0 Å². The number of carbonyl (C=O) groups is 4. The van der Waals surface area contributed by atoms with Gasteiger partial charge in [-0.15, -0.1) is 0 Å². The second kappa shape index (κ2) is 11.5. The second-order valence-electron chi connectivity index (χ2n) is 10.8. The van der Waals surface area contributed by atoms with Crippen LogP contribution in [0.15, 0.2) is 54.6 Å². The maximum Gasteiger partial charge on any atom is 0.264 e. The Morgan fingerprint density at radius 3 is 2.37 bits per heavy atom. The van der Waals surface area contributed by atoms with E-state index in [1.54, 1.807) is 18.2 Å². The summed E-state index contributed by atoms with van der Waals surface area (Å²) in [5.41, 5.74) is 2.07. The normalized spacial score (nSPS) is 19.1. The fourth-order valence-electron chi connectivity index (χ4n) is 5.83. The molecular weight excluding hydrogens is 563 g/mol. The van der Waals surface area contributed by atoms with Crippen molar-refractivity contribution in [3.05, 3.63) is 94.3 Å². The van der Waals surface area contributed by atoms with E-state index >= 15 is 4.39 Å². The molecule has 1 unspecified atom stereocenters. The zero-order valence-electron chi connectivity index (χ0n) is 23.0. The molecule has 0 aromatic heterocycles. The molecule has 2 saturated heterocycles. The lowest BCUT2D eigenvalue weighted by atomic mass is 10.0. The van der Waals surface area contributed by atoms with Gasteiger partial charge in [0.1, 0.15) is 23.5 Å². The lowest BCUT2D eigenvalue weighted by Gasteiger charge is -2.36. The lowest BCUT2D eigenvalue weighted by Crippen LogP contribution is -2.54. The van der Waals surface area contributed by atoms with Crippen LogP contribution in [0.4, 0.5) is 24.5 Å². The molecule has 12 heteroatoms. The van der Waals surface area contributed by atoms with Crippen molar-refractivity contribution in [1.82, 2.24) is 15.1 Å². The fourth-order valence-corrected chi connectivity index (χ4v) is 5.83. The number of anilines is 2. The van der Waals surface area contributed by atoms with Crippen LogP contribution < -0.4 is 15.5 Å². The Kier molecular flexibility index (Phi) is 7.61. The quantitative estimate of drug-likeness (QED) is 0.406. The number of amides is 4. The molecule has 2 N–H and O–H groups in total. The minimum atomic E-state index is -1.07. The van der Waals surface area contributed by atoms with E-state index in [4.69, 9.17) is 0 Å². The molecule has 0 bridgehead atoms. The smallest absolute Gasteiger partial charge is 0.264 e. The number of imide groups is 2. The van der Waals surface area contributed by atoms with Crippen LogP contribution in [0.1, 0.15) is 44.7 Å². The topological polar surface area (TPSA) is 102 Å². The molecule has 6 rings (SSSR count). The minimum Gasteiger partial charge on any atom is -0.380 e. The molecule has 0 saturated carbocycles. The van der Waals surface area contributed by atoms with Crippen LogP contribution in [0.5, 0.6) is 0 Å². The van der Waals surface area contributed by atoms with Crippen molar-refractivity contribution < 1.29 is 32.3 Å². The third-order valence-corrected chi connectivity index (χ3v) is 8.08. The second-order valence-corrected chi connectivity index (χ2v) is 10.8. The number of hydrogen-bond acceptors (Lipinski definition) is 7. The van der Waals surface area contributed by atoms with Crippen molar-refractivity contribution in [3.8, 4) is 0 Å². The molecule has 43 heavy (non-hydrogen) atoms. The van der Waals surface area contributed by atoms with Crippen LogP contribution in [-0.4, -0.2) is 65.6 Å². The summed E-state index contributed by atoms with van der Waals surface area (Å²) in [5.74, 6) is -4.04. The largest absolute Gasteiger partial charge is 0.380 e. The van der Waals surface area contributed by atoms with Crippen LogP contribution in [0, 0.1) is 17.5 Å². The number of benzene rings is 3. The lowest BCUT2D eigenvalue weighted by molar-refractivity contribution is -0.136. The summed E-state index contributed by atoms with van der Waals surface area (Å²) in [6.45, 7) is 2.91. The van der Waals surface area contributed by atoms with E-state index in [1.807, 2.05) is 11.0 Å². The Balaban J connectivity index is 1.08. The predicted octanol–water partition coefficient (Wildman–Crippen LogP) is 3.44. The average Bonchev–Trinajstić information content (AvgIpc) is 3.23. The highest BCUT2D eigenvalue weighted by Gasteiger charge is 2.45. The van der Waals surface area contributed by atoms with Crippen molar-refractivity contribution in [3.63, 3.8) is 0 Å². The van der Waals surface area contributed by atoms with E-state index in [0.29, 0.717) is 49.7 Å². The minimum absolute atomic E-state index is 0.0242. The molecule has 3 heterocycles. The first kappa shape index (κ1) is 28.4. The Labute approximate surface area is 245 Å². The first-order valence-corrected chi connectivity index (χ1v) is 14.0. The maximum atomic E-state index is 15.1. The van der Waals surface area contributed by atoms with Gasteiger partial charge in [0.05, 0.1) is 16.8 Å². The van der Waals surface area contributed by atoms with Gasteiger partial charge in [0.25, 0.3) is 11.8 Å². The van der Waals surface area contributed by atoms with E-state index in [0.717, 1.165) is 16.5 Å². The summed E-state index contributed by atoms with van der Waals surface area (Å²) in [7, 11) is 0. The van der Waals surface area contributed by atoms with Gasteiger partial charge in [-0.3, -0.25) is 34.3 Å². The standard InChI is InChI=1S/C31H28F3N5O4/c32-20-6-7-25(23(34)15-20)38-12-10-37(11-13-38)17-18-4-5-19(22(33)14-18)16-35-24-3-1-2-21-28(24)31(43)39(30(21)42)26-8-9-27(40)36-29(26)41/h1-7,14-15,26,35H,8-13,16-17H2,(H,36,40,41). The molecule has 3 aliphatic rings. The number of fused-ring (bicyclic) bond motifs is 1. The van der Waals surface area contributed by atoms with Crippen molar-refractivity contribution >= 4 is 35.0 Å². The molecule has 3 aliphatic heterocycles. The molecule has 2 fully saturated rings. The highest BCUT2D eigenvalue weighted by Crippen LogP contribution is 2.33. The molecular formula is C31H28F3N5O4. The van der Waals surface area contributed by atoms with Gasteiger partial charge in [-0.05, 0) is 42.3 Å². The monoisotopic (exact) mass is 591 g/mol. The number of hydrogen-bond donors (Lipinski definition) is 2.